The fourth-order valence-electron chi connectivity index (χ4n) is 1.66. The van der Waals surface area contributed by atoms with Crippen LogP contribution in [0.4, 0.5) is 11.5 Å². The van der Waals surface area contributed by atoms with Crippen molar-refractivity contribution in [2.45, 2.75) is 6.42 Å². The van der Waals surface area contributed by atoms with Crippen LogP contribution in [0.25, 0.3) is 0 Å². The van der Waals surface area contributed by atoms with Crippen molar-refractivity contribution in [1.29, 1.82) is 0 Å². The number of nitro groups is 1. The van der Waals surface area contributed by atoms with Crippen LogP contribution < -0.4 is 11.1 Å². The molecule has 0 aliphatic carbocycles. The molecule has 0 saturated heterocycles. The molecule has 8 nitrogen and oxygen atoms in total. The molecular formula is C13H13N5O3. The molecule has 1 aromatic carbocycles. The minimum Gasteiger partial charge on any atom is -0.382 e. The van der Waals surface area contributed by atoms with Crippen molar-refractivity contribution in [2.24, 2.45) is 0 Å². The van der Waals surface area contributed by atoms with E-state index in [0.29, 0.717) is 13.0 Å². The molecule has 2 aromatic rings. The number of nitrogens with zero attached hydrogens (tertiary/aromatic N) is 3. The first-order chi connectivity index (χ1) is 10.1. The summed E-state index contributed by atoms with van der Waals surface area (Å²) in [7, 11) is 0. The molecular weight excluding hydrogens is 274 g/mol. The van der Waals surface area contributed by atoms with Crippen LogP contribution in [-0.4, -0.2) is 27.6 Å². The molecule has 0 radical (unpaired) electrons. The highest BCUT2D eigenvalue weighted by atomic mass is 16.6. The van der Waals surface area contributed by atoms with Crippen molar-refractivity contribution in [1.82, 2.24) is 15.5 Å². The number of amides is 1. The molecule has 1 aromatic heterocycles. The fourth-order valence-corrected chi connectivity index (χ4v) is 1.66. The van der Waals surface area contributed by atoms with Gasteiger partial charge in [-0.25, -0.2) is 0 Å². The summed E-state index contributed by atoms with van der Waals surface area (Å²) in [4.78, 5) is 21.8. The summed E-state index contributed by atoms with van der Waals surface area (Å²) in [5.41, 5.74) is 6.51. The van der Waals surface area contributed by atoms with Gasteiger partial charge in [0.25, 0.3) is 11.6 Å². The van der Waals surface area contributed by atoms with Crippen LogP contribution in [-0.2, 0) is 6.42 Å². The molecule has 3 N–H and O–H groups in total. The first kappa shape index (κ1) is 14.4. The number of nitrogens with two attached hydrogens (primary N) is 1. The standard InChI is InChI=1S/C13H13N5O3/c14-12-6-5-11(16-17-12)13(19)15-8-7-9-1-3-10(4-2-9)18(20)21/h1-6H,7-8H2,(H2,14,17)(H,15,19). The van der Waals surface area contributed by atoms with Gasteiger partial charge in [0.05, 0.1) is 4.92 Å². The Hall–Kier alpha value is -3.03. The lowest BCUT2D eigenvalue weighted by Crippen LogP contribution is -2.26. The Balaban J connectivity index is 1.85. The van der Waals surface area contributed by atoms with Gasteiger partial charge in [-0.2, -0.15) is 0 Å². The van der Waals surface area contributed by atoms with Crippen LogP contribution in [0.1, 0.15) is 16.1 Å². The third-order valence-electron chi connectivity index (χ3n) is 2.76. The fraction of sp³-hybridized carbons (Fsp3) is 0.154. The average Bonchev–Trinajstić information content (AvgIpc) is 2.48. The topological polar surface area (TPSA) is 124 Å². The number of carbonyl (C=O) groups is 1. The van der Waals surface area contributed by atoms with Gasteiger partial charge < -0.3 is 11.1 Å². The van der Waals surface area contributed by atoms with Crippen LogP contribution in [0.5, 0.6) is 0 Å². The first-order valence-corrected chi connectivity index (χ1v) is 6.17. The number of rotatable bonds is 5. The molecule has 0 saturated carbocycles. The molecule has 1 amide bonds. The van der Waals surface area contributed by atoms with Crippen molar-refractivity contribution >= 4 is 17.4 Å². The first-order valence-electron chi connectivity index (χ1n) is 6.17. The summed E-state index contributed by atoms with van der Waals surface area (Å²) >= 11 is 0. The van der Waals surface area contributed by atoms with E-state index in [0.717, 1.165) is 5.56 Å². The summed E-state index contributed by atoms with van der Waals surface area (Å²) in [6.07, 6.45) is 0.562. The van der Waals surface area contributed by atoms with Crippen LogP contribution >= 0.6 is 0 Å². The number of anilines is 1. The molecule has 0 spiro atoms. The van der Waals surface area contributed by atoms with Gasteiger partial charge in [0.1, 0.15) is 5.82 Å². The van der Waals surface area contributed by atoms with Gasteiger partial charge in [-0.15, -0.1) is 10.2 Å². The minimum atomic E-state index is -0.453. The maximum Gasteiger partial charge on any atom is 0.271 e. The quantitative estimate of drug-likeness (QED) is 0.623. The number of nitrogen functional groups attached to an aromatic ring is 1. The molecule has 21 heavy (non-hydrogen) atoms. The predicted molar refractivity (Wildman–Crippen MR) is 75.6 cm³/mol. The lowest BCUT2D eigenvalue weighted by molar-refractivity contribution is -0.384. The number of hydrogen-bond acceptors (Lipinski definition) is 6. The third kappa shape index (κ3) is 3.96. The van der Waals surface area contributed by atoms with Gasteiger partial charge in [-0.1, -0.05) is 12.1 Å². The number of nitro benzene ring substituents is 1. The summed E-state index contributed by atoms with van der Waals surface area (Å²) in [6.45, 7) is 0.392. The lowest BCUT2D eigenvalue weighted by Gasteiger charge is -2.04. The summed E-state index contributed by atoms with van der Waals surface area (Å²) in [5.74, 6) is -0.0955. The molecule has 0 fully saturated rings. The number of aromatic nitrogens is 2. The predicted octanol–water partition coefficient (Wildman–Crippen LogP) is 0.940. The molecule has 0 aliphatic heterocycles. The zero-order valence-electron chi connectivity index (χ0n) is 11.0. The van der Waals surface area contributed by atoms with E-state index in [-0.39, 0.29) is 23.1 Å². The Kier molecular flexibility index (Phi) is 4.39. The highest BCUT2D eigenvalue weighted by Gasteiger charge is 2.07. The van der Waals surface area contributed by atoms with Gasteiger partial charge in [0.2, 0.25) is 0 Å². The molecule has 108 valence electrons. The Bertz CT molecular complexity index is 640. The van der Waals surface area contributed by atoms with E-state index in [1.807, 2.05) is 0 Å². The van der Waals surface area contributed by atoms with E-state index in [2.05, 4.69) is 15.5 Å². The molecule has 0 unspecified atom stereocenters. The van der Waals surface area contributed by atoms with Crippen molar-refractivity contribution in [3.8, 4) is 0 Å². The van der Waals surface area contributed by atoms with Crippen molar-refractivity contribution in [3.63, 3.8) is 0 Å². The molecule has 2 rings (SSSR count). The van der Waals surface area contributed by atoms with Gasteiger partial charge in [0, 0.05) is 18.7 Å². The van der Waals surface area contributed by atoms with E-state index in [1.165, 1.54) is 24.3 Å². The Labute approximate surface area is 120 Å². The number of benzene rings is 1. The largest absolute Gasteiger partial charge is 0.382 e. The summed E-state index contributed by atoms with van der Waals surface area (Å²) < 4.78 is 0. The van der Waals surface area contributed by atoms with Gasteiger partial charge in [-0.05, 0) is 24.1 Å². The summed E-state index contributed by atoms with van der Waals surface area (Å²) in [5, 5.41) is 20.5. The Morgan fingerprint density at radius 2 is 1.90 bits per heavy atom. The molecule has 0 bridgehead atoms. The van der Waals surface area contributed by atoms with E-state index >= 15 is 0 Å². The van der Waals surface area contributed by atoms with Crippen LogP contribution in [0.15, 0.2) is 36.4 Å². The van der Waals surface area contributed by atoms with Crippen molar-refractivity contribution in [2.75, 3.05) is 12.3 Å². The number of hydrogen-bond donors (Lipinski definition) is 2. The van der Waals surface area contributed by atoms with Crippen LogP contribution in [0.3, 0.4) is 0 Å². The van der Waals surface area contributed by atoms with Gasteiger partial charge >= 0.3 is 0 Å². The zero-order valence-corrected chi connectivity index (χ0v) is 11.0. The lowest BCUT2D eigenvalue weighted by atomic mass is 10.1. The zero-order chi connectivity index (χ0) is 15.2. The third-order valence-corrected chi connectivity index (χ3v) is 2.76. The van der Waals surface area contributed by atoms with E-state index < -0.39 is 4.92 Å². The second-order valence-electron chi connectivity index (χ2n) is 4.27. The van der Waals surface area contributed by atoms with Crippen molar-refractivity contribution < 1.29 is 9.72 Å². The highest BCUT2D eigenvalue weighted by Crippen LogP contribution is 2.11. The number of carbonyl (C=O) groups excluding carboxylic acids is 1. The molecule has 8 heteroatoms. The normalized spacial score (nSPS) is 10.1. The Morgan fingerprint density at radius 1 is 1.19 bits per heavy atom. The van der Waals surface area contributed by atoms with Crippen molar-refractivity contribution in [3.05, 3.63) is 57.8 Å². The number of nitrogens with one attached hydrogen (secondary N) is 1. The average molecular weight is 287 g/mol. The van der Waals surface area contributed by atoms with Crippen LogP contribution in [0, 0.1) is 10.1 Å². The van der Waals surface area contributed by atoms with E-state index in [1.54, 1.807) is 12.1 Å². The SMILES string of the molecule is Nc1ccc(C(=O)NCCc2ccc([N+](=O)[O-])cc2)nn1. The molecule has 0 aliphatic rings. The van der Waals surface area contributed by atoms with Crippen LogP contribution in [0.2, 0.25) is 0 Å². The maximum absolute atomic E-state index is 11.7. The van der Waals surface area contributed by atoms with Gasteiger partial charge in [0.15, 0.2) is 5.69 Å². The minimum absolute atomic E-state index is 0.0416. The maximum atomic E-state index is 11.7. The molecule has 1 heterocycles. The smallest absolute Gasteiger partial charge is 0.271 e. The number of non-ortho nitro benzene ring substituents is 1. The summed E-state index contributed by atoms with van der Waals surface area (Å²) in [6, 6.07) is 9.17. The monoisotopic (exact) mass is 287 g/mol. The highest BCUT2D eigenvalue weighted by molar-refractivity contribution is 5.92. The second kappa shape index (κ2) is 6.42. The second-order valence-corrected chi connectivity index (χ2v) is 4.27. The van der Waals surface area contributed by atoms with E-state index in [9.17, 15) is 14.9 Å². The molecule has 0 atom stereocenters. The van der Waals surface area contributed by atoms with E-state index in [4.69, 9.17) is 5.73 Å². The van der Waals surface area contributed by atoms with Gasteiger partial charge in [-0.3, -0.25) is 14.9 Å². The Morgan fingerprint density at radius 3 is 2.48 bits per heavy atom.